The number of amides is 1. The smallest absolute Gasteiger partial charge is 0.315 e. The lowest BCUT2D eigenvalue weighted by molar-refractivity contribution is 0.0907. The molecule has 0 unspecified atom stereocenters. The van der Waals surface area contributed by atoms with Gasteiger partial charge in [-0.3, -0.25) is 9.78 Å². The van der Waals surface area contributed by atoms with Crippen LogP contribution in [0.4, 0.5) is 4.39 Å². The van der Waals surface area contributed by atoms with Crippen molar-refractivity contribution < 1.29 is 22.1 Å². The Labute approximate surface area is 154 Å². The third-order valence-corrected chi connectivity index (χ3v) is 5.34. The van der Waals surface area contributed by atoms with Gasteiger partial charge in [0.15, 0.2) is 15.7 Å². The average molecular weight is 390 g/mol. The molecule has 2 heterocycles. The molecule has 8 nitrogen and oxygen atoms in total. The fourth-order valence-electron chi connectivity index (χ4n) is 2.19. The van der Waals surface area contributed by atoms with E-state index in [9.17, 15) is 17.6 Å². The minimum atomic E-state index is -3.63. The van der Waals surface area contributed by atoms with Gasteiger partial charge < -0.3 is 9.84 Å². The largest absolute Gasteiger partial charge is 0.344 e. The lowest BCUT2D eigenvalue weighted by Crippen LogP contribution is -2.23. The van der Waals surface area contributed by atoms with Crippen molar-refractivity contribution in [3.8, 4) is 0 Å². The molecule has 0 aliphatic heterocycles. The first kappa shape index (κ1) is 18.6. The van der Waals surface area contributed by atoms with Gasteiger partial charge in [-0.25, -0.2) is 12.8 Å². The van der Waals surface area contributed by atoms with E-state index < -0.39 is 21.6 Å². The highest BCUT2D eigenvalue weighted by Crippen LogP contribution is 2.13. The molecule has 0 aliphatic rings. The van der Waals surface area contributed by atoms with Crippen LogP contribution in [0.2, 0.25) is 0 Å². The number of hydrogen-bond donors (Lipinski definition) is 1. The fourth-order valence-corrected chi connectivity index (χ4v) is 3.43. The SMILES string of the molecule is O=C(NCc1cccnc1)c1nc(CCS(=O)(=O)c2ccc(F)cc2)no1. The summed E-state index contributed by atoms with van der Waals surface area (Å²) in [5, 5.41) is 6.22. The van der Waals surface area contributed by atoms with E-state index in [4.69, 9.17) is 4.52 Å². The van der Waals surface area contributed by atoms with Crippen LogP contribution in [-0.2, 0) is 22.8 Å². The summed E-state index contributed by atoms with van der Waals surface area (Å²) in [6, 6.07) is 8.08. The molecule has 0 fully saturated rings. The van der Waals surface area contributed by atoms with Crippen molar-refractivity contribution in [1.29, 1.82) is 0 Å². The first-order chi connectivity index (χ1) is 12.9. The lowest BCUT2D eigenvalue weighted by atomic mass is 10.3. The number of nitrogens with one attached hydrogen (secondary N) is 1. The van der Waals surface area contributed by atoms with Crippen LogP contribution in [0.25, 0.3) is 0 Å². The molecule has 0 aliphatic carbocycles. The topological polar surface area (TPSA) is 115 Å². The molecule has 1 aromatic carbocycles. The number of hydrogen-bond acceptors (Lipinski definition) is 7. The van der Waals surface area contributed by atoms with Gasteiger partial charge in [-0.15, -0.1) is 0 Å². The first-order valence-electron chi connectivity index (χ1n) is 7.92. The summed E-state index contributed by atoms with van der Waals surface area (Å²) in [6.07, 6.45) is 3.19. The second-order valence-electron chi connectivity index (χ2n) is 5.58. The van der Waals surface area contributed by atoms with Crippen molar-refractivity contribution in [1.82, 2.24) is 20.4 Å². The molecule has 10 heteroatoms. The van der Waals surface area contributed by atoms with Crippen LogP contribution in [0.1, 0.15) is 22.1 Å². The maximum atomic E-state index is 12.9. The van der Waals surface area contributed by atoms with E-state index in [1.165, 1.54) is 12.1 Å². The maximum Gasteiger partial charge on any atom is 0.315 e. The summed E-state index contributed by atoms with van der Waals surface area (Å²) in [6.45, 7) is 0.239. The Morgan fingerprint density at radius 2 is 1.96 bits per heavy atom. The molecule has 2 aromatic heterocycles. The number of aryl methyl sites for hydroxylation is 1. The van der Waals surface area contributed by atoms with E-state index in [0.717, 1.165) is 17.7 Å². The fraction of sp³-hybridized carbons (Fsp3) is 0.176. The Morgan fingerprint density at radius 3 is 2.67 bits per heavy atom. The van der Waals surface area contributed by atoms with Gasteiger partial charge in [0.1, 0.15) is 5.82 Å². The molecule has 0 spiro atoms. The van der Waals surface area contributed by atoms with Crippen molar-refractivity contribution in [2.75, 3.05) is 5.75 Å². The van der Waals surface area contributed by atoms with Gasteiger partial charge >= 0.3 is 11.8 Å². The summed E-state index contributed by atoms with van der Waals surface area (Å²) in [5.41, 5.74) is 0.802. The van der Waals surface area contributed by atoms with Crippen molar-refractivity contribution in [2.24, 2.45) is 0 Å². The normalized spacial score (nSPS) is 11.3. The van der Waals surface area contributed by atoms with Crippen LogP contribution < -0.4 is 5.32 Å². The zero-order valence-electron chi connectivity index (χ0n) is 14.0. The van der Waals surface area contributed by atoms with Crippen LogP contribution in [0.5, 0.6) is 0 Å². The van der Waals surface area contributed by atoms with Crippen LogP contribution in [0, 0.1) is 5.82 Å². The third kappa shape index (κ3) is 4.94. The van der Waals surface area contributed by atoms with E-state index in [-0.39, 0.29) is 35.3 Å². The molecule has 0 atom stereocenters. The number of halogens is 1. The van der Waals surface area contributed by atoms with Crippen molar-refractivity contribution in [3.63, 3.8) is 0 Å². The minimum absolute atomic E-state index is 0.00170. The molecule has 1 N–H and O–H groups in total. The van der Waals surface area contributed by atoms with Crippen LogP contribution >= 0.6 is 0 Å². The highest BCUT2D eigenvalue weighted by atomic mass is 32.2. The van der Waals surface area contributed by atoms with E-state index in [2.05, 4.69) is 20.4 Å². The molecular weight excluding hydrogens is 375 g/mol. The summed E-state index contributed by atoms with van der Waals surface area (Å²) in [5.74, 6) is -1.55. The molecule has 3 aromatic rings. The zero-order chi connectivity index (χ0) is 19.3. The third-order valence-electron chi connectivity index (χ3n) is 3.61. The molecule has 0 saturated carbocycles. The predicted octanol–water partition coefficient (Wildman–Crippen LogP) is 1.55. The second kappa shape index (κ2) is 8.04. The van der Waals surface area contributed by atoms with Crippen LogP contribution in [0.3, 0.4) is 0 Å². The van der Waals surface area contributed by atoms with Gasteiger partial charge in [0.25, 0.3) is 0 Å². The van der Waals surface area contributed by atoms with Gasteiger partial charge in [-0.2, -0.15) is 4.98 Å². The number of sulfone groups is 1. The number of pyridine rings is 1. The number of aromatic nitrogens is 3. The molecular formula is C17H15FN4O4S. The van der Waals surface area contributed by atoms with Gasteiger partial charge in [-0.1, -0.05) is 11.2 Å². The van der Waals surface area contributed by atoms with E-state index >= 15 is 0 Å². The first-order valence-corrected chi connectivity index (χ1v) is 9.57. The van der Waals surface area contributed by atoms with Crippen LogP contribution in [0.15, 0.2) is 58.2 Å². The quantitative estimate of drug-likeness (QED) is 0.609. The lowest BCUT2D eigenvalue weighted by Gasteiger charge is -2.02. The van der Waals surface area contributed by atoms with Gasteiger partial charge in [-0.05, 0) is 35.9 Å². The number of carbonyl (C=O) groups excluding carboxylic acids is 1. The standard InChI is InChI=1S/C17H15FN4O4S/c18-13-3-5-14(6-4-13)27(24,25)9-7-15-21-17(26-22-15)16(23)20-11-12-2-1-8-19-10-12/h1-6,8,10H,7,9,11H2,(H,20,23). The van der Waals surface area contributed by atoms with E-state index in [1.807, 2.05) is 0 Å². The summed E-state index contributed by atoms with van der Waals surface area (Å²) < 4.78 is 42.2. The minimum Gasteiger partial charge on any atom is -0.344 e. The molecule has 140 valence electrons. The molecule has 1 amide bonds. The Hall–Kier alpha value is -3.14. The van der Waals surface area contributed by atoms with Crippen molar-refractivity contribution in [3.05, 3.63) is 71.9 Å². The Kier molecular flexibility index (Phi) is 5.55. The number of rotatable bonds is 7. The van der Waals surface area contributed by atoms with E-state index in [0.29, 0.717) is 0 Å². The Morgan fingerprint density at radius 1 is 1.19 bits per heavy atom. The molecule has 0 radical (unpaired) electrons. The second-order valence-corrected chi connectivity index (χ2v) is 7.69. The predicted molar refractivity (Wildman–Crippen MR) is 91.9 cm³/mol. The van der Waals surface area contributed by atoms with Gasteiger partial charge in [0.2, 0.25) is 0 Å². The number of carbonyl (C=O) groups is 1. The Bertz CT molecular complexity index is 1020. The van der Waals surface area contributed by atoms with Crippen molar-refractivity contribution in [2.45, 2.75) is 17.9 Å². The monoisotopic (exact) mass is 390 g/mol. The number of benzene rings is 1. The van der Waals surface area contributed by atoms with Gasteiger partial charge in [0.05, 0.1) is 10.6 Å². The molecule has 0 saturated heterocycles. The maximum absolute atomic E-state index is 12.9. The molecule has 3 rings (SSSR count). The van der Waals surface area contributed by atoms with Gasteiger partial charge in [0, 0.05) is 25.4 Å². The number of nitrogens with zero attached hydrogens (tertiary/aromatic N) is 3. The van der Waals surface area contributed by atoms with Crippen LogP contribution in [-0.4, -0.2) is 35.2 Å². The highest BCUT2D eigenvalue weighted by molar-refractivity contribution is 7.91. The Balaban J connectivity index is 1.57. The summed E-state index contributed by atoms with van der Waals surface area (Å²) >= 11 is 0. The molecule has 27 heavy (non-hydrogen) atoms. The van der Waals surface area contributed by atoms with Crippen molar-refractivity contribution >= 4 is 15.7 Å². The summed E-state index contributed by atoms with van der Waals surface area (Å²) in [4.78, 5) is 19.8. The van der Waals surface area contributed by atoms with E-state index in [1.54, 1.807) is 24.5 Å². The zero-order valence-corrected chi connectivity index (χ0v) is 14.8. The highest BCUT2D eigenvalue weighted by Gasteiger charge is 2.19. The summed E-state index contributed by atoms with van der Waals surface area (Å²) in [7, 11) is -3.63. The molecule has 0 bridgehead atoms. The average Bonchev–Trinajstić information content (AvgIpc) is 3.15.